The van der Waals surface area contributed by atoms with E-state index in [0.29, 0.717) is 37.2 Å². The highest BCUT2D eigenvalue weighted by Crippen LogP contribution is 2.26. The highest BCUT2D eigenvalue weighted by molar-refractivity contribution is 8.76. The van der Waals surface area contributed by atoms with Crippen molar-refractivity contribution in [3.8, 4) is 0 Å². The fourth-order valence-electron chi connectivity index (χ4n) is 4.92. The van der Waals surface area contributed by atoms with Gasteiger partial charge >= 0.3 is 11.9 Å². The predicted molar refractivity (Wildman–Crippen MR) is 185 cm³/mol. The van der Waals surface area contributed by atoms with Crippen LogP contribution in [-0.4, -0.2) is 102 Å². The summed E-state index contributed by atoms with van der Waals surface area (Å²) >= 11 is 0. The summed E-state index contributed by atoms with van der Waals surface area (Å²) in [5.74, 6) is -1.74. The number of hydrogen-bond donors (Lipinski definition) is 3. The molecule has 0 aliphatic heterocycles. The summed E-state index contributed by atoms with van der Waals surface area (Å²) in [5.41, 5.74) is 0. The molecule has 0 aliphatic carbocycles. The van der Waals surface area contributed by atoms with Gasteiger partial charge in [-0.2, -0.15) is 0 Å². The smallest absolute Gasteiger partial charge is 0.326 e. The Hall–Kier alpha value is -1.30. The minimum atomic E-state index is -1.04. The molecule has 9 nitrogen and oxygen atoms in total. The lowest BCUT2D eigenvalue weighted by atomic mass is 9.97. The van der Waals surface area contributed by atoms with Crippen molar-refractivity contribution >= 4 is 45.2 Å². The third-order valence-electron chi connectivity index (χ3n) is 7.65. The van der Waals surface area contributed by atoms with Gasteiger partial charge in [0.05, 0.1) is 5.92 Å². The Labute approximate surface area is 275 Å². The standard InChI is InChI=1S/C33H63N3O6S2/c1-35(2)23-17-13-9-5-7-11-15-19-29(37)27-28(32(39)40)21-25-43-44-26-22-30(33(41)42)34-31(38)20-16-12-8-6-10-14-18-24-36(3)4/h28,30H,5-27H2,1-4H3,(H,34,38)(H,39,40)(H,41,42). The highest BCUT2D eigenvalue weighted by atomic mass is 33.1. The number of carboxylic acids is 2. The average molecular weight is 662 g/mol. The van der Waals surface area contributed by atoms with E-state index in [9.17, 15) is 29.4 Å². The van der Waals surface area contributed by atoms with Crippen molar-refractivity contribution in [1.82, 2.24) is 15.1 Å². The number of aliphatic carboxylic acids is 2. The molecule has 3 N–H and O–H groups in total. The number of rotatable bonds is 32. The van der Waals surface area contributed by atoms with Gasteiger partial charge in [-0.15, -0.1) is 0 Å². The maximum Gasteiger partial charge on any atom is 0.326 e. The van der Waals surface area contributed by atoms with Crippen molar-refractivity contribution < 1.29 is 29.4 Å². The molecule has 2 atom stereocenters. The first kappa shape index (κ1) is 42.7. The summed E-state index contributed by atoms with van der Waals surface area (Å²) in [6.07, 6.45) is 17.1. The van der Waals surface area contributed by atoms with E-state index in [2.05, 4.69) is 43.3 Å². The van der Waals surface area contributed by atoms with Crippen LogP contribution in [0, 0.1) is 5.92 Å². The van der Waals surface area contributed by atoms with E-state index in [4.69, 9.17) is 0 Å². The molecule has 2 unspecified atom stereocenters. The van der Waals surface area contributed by atoms with E-state index in [1.54, 1.807) is 0 Å². The minimum Gasteiger partial charge on any atom is -0.481 e. The van der Waals surface area contributed by atoms with Gasteiger partial charge in [-0.25, -0.2) is 4.79 Å². The van der Waals surface area contributed by atoms with E-state index in [1.807, 2.05) is 0 Å². The summed E-state index contributed by atoms with van der Waals surface area (Å²) in [6.45, 7) is 2.24. The van der Waals surface area contributed by atoms with E-state index in [0.717, 1.165) is 51.6 Å². The summed E-state index contributed by atoms with van der Waals surface area (Å²) in [7, 11) is 11.3. The zero-order chi connectivity index (χ0) is 33.0. The Morgan fingerprint density at radius 2 is 1.02 bits per heavy atom. The Kier molecular flexibility index (Phi) is 28.3. The van der Waals surface area contributed by atoms with Crippen LogP contribution in [0.2, 0.25) is 0 Å². The van der Waals surface area contributed by atoms with Crippen molar-refractivity contribution in [2.24, 2.45) is 5.92 Å². The lowest BCUT2D eigenvalue weighted by Crippen LogP contribution is -2.41. The average Bonchev–Trinajstić information content (AvgIpc) is 2.95. The van der Waals surface area contributed by atoms with Crippen molar-refractivity contribution in [3.63, 3.8) is 0 Å². The van der Waals surface area contributed by atoms with Crippen LogP contribution in [0.5, 0.6) is 0 Å². The maximum absolute atomic E-state index is 12.4. The van der Waals surface area contributed by atoms with E-state index in [-0.39, 0.29) is 18.1 Å². The Balaban J connectivity index is 3.97. The minimum absolute atomic E-state index is 0.0247. The largest absolute Gasteiger partial charge is 0.481 e. The topological polar surface area (TPSA) is 127 Å². The van der Waals surface area contributed by atoms with Gasteiger partial charge in [-0.1, -0.05) is 85.8 Å². The SMILES string of the molecule is CN(C)CCCCCCCCCC(=O)CC(CCSSCCC(NC(=O)CCCCCCCCCN(C)C)C(=O)O)C(=O)O. The van der Waals surface area contributed by atoms with Crippen LogP contribution in [0.25, 0.3) is 0 Å². The summed E-state index contributed by atoms with van der Waals surface area (Å²) < 4.78 is 0. The molecule has 0 bridgehead atoms. The molecule has 0 fully saturated rings. The van der Waals surface area contributed by atoms with Gasteiger partial charge in [0, 0.05) is 30.8 Å². The molecule has 0 rings (SSSR count). The van der Waals surface area contributed by atoms with Gasteiger partial charge in [0.25, 0.3) is 0 Å². The Bertz CT molecular complexity index is 708. The highest BCUT2D eigenvalue weighted by Gasteiger charge is 2.22. The molecule has 44 heavy (non-hydrogen) atoms. The second-order valence-corrected chi connectivity index (χ2v) is 15.2. The molecule has 0 aromatic carbocycles. The third-order valence-corrected chi connectivity index (χ3v) is 10.1. The number of unbranched alkanes of at least 4 members (excludes halogenated alkanes) is 12. The van der Waals surface area contributed by atoms with Gasteiger partial charge in [-0.3, -0.25) is 14.4 Å². The number of ketones is 1. The van der Waals surface area contributed by atoms with Gasteiger partial charge < -0.3 is 25.3 Å². The predicted octanol–water partition coefficient (Wildman–Crippen LogP) is 6.74. The van der Waals surface area contributed by atoms with Crippen LogP contribution >= 0.6 is 21.6 Å². The zero-order valence-electron chi connectivity index (χ0n) is 28.2. The summed E-state index contributed by atoms with van der Waals surface area (Å²) in [4.78, 5) is 52.3. The zero-order valence-corrected chi connectivity index (χ0v) is 29.8. The van der Waals surface area contributed by atoms with E-state index < -0.39 is 23.9 Å². The third kappa shape index (κ3) is 28.2. The summed E-state index contributed by atoms with van der Waals surface area (Å²) in [5, 5.41) is 21.7. The first-order valence-corrected chi connectivity index (χ1v) is 19.3. The lowest BCUT2D eigenvalue weighted by molar-refractivity contribution is -0.144. The molecular formula is C33H63N3O6S2. The second kappa shape index (κ2) is 29.1. The van der Waals surface area contributed by atoms with Crippen molar-refractivity contribution in [1.29, 1.82) is 0 Å². The Morgan fingerprint density at radius 1 is 0.591 bits per heavy atom. The van der Waals surface area contributed by atoms with Crippen molar-refractivity contribution in [2.75, 3.05) is 52.8 Å². The quantitative estimate of drug-likeness (QED) is 0.0527. The number of nitrogens with zero attached hydrogens (tertiary/aromatic N) is 2. The van der Waals surface area contributed by atoms with Crippen LogP contribution < -0.4 is 5.32 Å². The molecule has 0 aromatic rings. The number of Topliss-reactive ketones (excluding diaryl/α,β-unsaturated/α-hetero) is 1. The van der Waals surface area contributed by atoms with Gasteiger partial charge in [-0.05, 0) is 79.8 Å². The maximum atomic E-state index is 12.4. The van der Waals surface area contributed by atoms with E-state index >= 15 is 0 Å². The van der Waals surface area contributed by atoms with Gasteiger partial charge in [0.2, 0.25) is 5.91 Å². The van der Waals surface area contributed by atoms with Crippen LogP contribution in [0.1, 0.15) is 122 Å². The molecule has 0 radical (unpaired) electrons. The molecule has 258 valence electrons. The number of carboxylic acid groups (broad SMARTS) is 2. The fraction of sp³-hybridized carbons (Fsp3) is 0.879. The Morgan fingerprint density at radius 3 is 1.48 bits per heavy atom. The summed E-state index contributed by atoms with van der Waals surface area (Å²) in [6, 6.07) is -0.917. The van der Waals surface area contributed by atoms with Crippen molar-refractivity contribution in [2.45, 2.75) is 128 Å². The molecule has 0 heterocycles. The molecule has 0 saturated carbocycles. The molecule has 0 aliphatic rings. The van der Waals surface area contributed by atoms with Crippen LogP contribution in [0.15, 0.2) is 0 Å². The van der Waals surface area contributed by atoms with Crippen LogP contribution in [0.3, 0.4) is 0 Å². The molecule has 0 spiro atoms. The molecular weight excluding hydrogens is 599 g/mol. The monoisotopic (exact) mass is 661 g/mol. The fourth-order valence-corrected chi connectivity index (χ4v) is 7.15. The molecule has 11 heteroatoms. The van der Waals surface area contributed by atoms with E-state index in [1.165, 1.54) is 73.0 Å². The van der Waals surface area contributed by atoms with Gasteiger partial charge in [0.15, 0.2) is 0 Å². The molecule has 0 aromatic heterocycles. The normalized spacial score (nSPS) is 12.9. The number of carbonyl (C=O) groups excluding carboxylic acids is 2. The molecule has 0 saturated heterocycles. The van der Waals surface area contributed by atoms with Crippen LogP contribution in [-0.2, 0) is 19.2 Å². The number of hydrogen-bond acceptors (Lipinski definition) is 8. The lowest BCUT2D eigenvalue weighted by Gasteiger charge is -2.14. The first-order valence-electron chi connectivity index (χ1n) is 16.8. The van der Waals surface area contributed by atoms with Crippen molar-refractivity contribution in [3.05, 3.63) is 0 Å². The number of nitrogens with one attached hydrogen (secondary N) is 1. The molecule has 1 amide bonds. The van der Waals surface area contributed by atoms with Crippen LogP contribution in [0.4, 0.5) is 0 Å². The number of amides is 1. The number of carbonyl (C=O) groups is 4. The van der Waals surface area contributed by atoms with Gasteiger partial charge in [0.1, 0.15) is 11.8 Å². The second-order valence-electron chi connectivity index (χ2n) is 12.5. The first-order chi connectivity index (χ1) is 21.0.